The number of nitrogens with zero attached hydrogens (tertiary/aromatic N) is 4. The van der Waals surface area contributed by atoms with Gasteiger partial charge in [0.15, 0.2) is 9.84 Å². The van der Waals surface area contributed by atoms with Crippen LogP contribution >= 0.6 is 0 Å². The zero-order valence-corrected chi connectivity index (χ0v) is 18.6. The van der Waals surface area contributed by atoms with Crippen LogP contribution in [0.5, 0.6) is 0 Å². The van der Waals surface area contributed by atoms with E-state index >= 15 is 0 Å². The van der Waals surface area contributed by atoms with E-state index in [0.29, 0.717) is 17.4 Å². The molecule has 0 spiro atoms. The molecule has 0 N–H and O–H groups in total. The van der Waals surface area contributed by atoms with Gasteiger partial charge in [0.05, 0.1) is 28.4 Å². The summed E-state index contributed by atoms with van der Waals surface area (Å²) < 4.78 is 31.5. The normalized spacial score (nSPS) is 15.2. The molecule has 0 aliphatic heterocycles. The van der Waals surface area contributed by atoms with Gasteiger partial charge in [-0.15, -0.1) is 0 Å². The van der Waals surface area contributed by atoms with E-state index in [1.807, 2.05) is 18.2 Å². The average molecular weight is 449 g/mol. The maximum atomic E-state index is 11.9. The Morgan fingerprint density at radius 2 is 1.72 bits per heavy atom. The van der Waals surface area contributed by atoms with Crippen molar-refractivity contribution in [3.63, 3.8) is 0 Å². The molecule has 5 rings (SSSR count). The van der Waals surface area contributed by atoms with E-state index in [2.05, 4.69) is 27.0 Å². The minimum Gasteiger partial charge on any atom is -0.334 e. The summed E-state index contributed by atoms with van der Waals surface area (Å²) in [5, 5.41) is 8.95. The van der Waals surface area contributed by atoms with Crippen molar-refractivity contribution in [1.82, 2.24) is 19.9 Å². The molecule has 164 valence electrons. The summed E-state index contributed by atoms with van der Waals surface area (Å²) in [4.78, 5) is 4.81. The first kappa shape index (κ1) is 20.6. The lowest BCUT2D eigenvalue weighted by atomic mass is 9.95. The van der Waals surface area contributed by atoms with Crippen LogP contribution in [0.4, 0.5) is 0 Å². The predicted molar refractivity (Wildman–Crippen MR) is 122 cm³/mol. The summed E-state index contributed by atoms with van der Waals surface area (Å²) in [5.41, 5.74) is 3.40. The van der Waals surface area contributed by atoms with E-state index in [1.54, 1.807) is 30.5 Å². The molecule has 1 aliphatic rings. The maximum absolute atomic E-state index is 11.9. The van der Waals surface area contributed by atoms with Crippen LogP contribution in [0.3, 0.4) is 0 Å². The van der Waals surface area contributed by atoms with Crippen LogP contribution in [0, 0.1) is 0 Å². The van der Waals surface area contributed by atoms with Crippen molar-refractivity contribution in [2.45, 2.75) is 43.0 Å². The smallest absolute Gasteiger partial charge is 0.258 e. The Hall–Kier alpha value is -3.26. The van der Waals surface area contributed by atoms with Crippen LogP contribution in [0.25, 0.3) is 34.1 Å². The second kappa shape index (κ2) is 8.35. The van der Waals surface area contributed by atoms with Crippen LogP contribution in [-0.2, 0) is 9.84 Å². The third-order valence-electron chi connectivity index (χ3n) is 5.94. The van der Waals surface area contributed by atoms with Gasteiger partial charge in [0.25, 0.3) is 5.89 Å². The van der Waals surface area contributed by atoms with Gasteiger partial charge in [0.1, 0.15) is 0 Å². The molecular formula is C24H24N4O3S. The van der Waals surface area contributed by atoms with E-state index in [0.717, 1.165) is 29.7 Å². The highest BCUT2D eigenvalue weighted by molar-refractivity contribution is 7.90. The zero-order chi connectivity index (χ0) is 22.1. The lowest BCUT2D eigenvalue weighted by molar-refractivity contribution is 0.332. The summed E-state index contributed by atoms with van der Waals surface area (Å²) in [6.07, 6.45) is 8.88. The fourth-order valence-corrected chi connectivity index (χ4v) is 4.99. The summed E-state index contributed by atoms with van der Waals surface area (Å²) >= 11 is 0. The van der Waals surface area contributed by atoms with Crippen LogP contribution in [0.15, 0.2) is 70.2 Å². The van der Waals surface area contributed by atoms with Gasteiger partial charge in [-0.1, -0.05) is 60.8 Å². The average Bonchev–Trinajstić information content (AvgIpc) is 3.47. The molecule has 8 heteroatoms. The molecule has 32 heavy (non-hydrogen) atoms. The highest BCUT2D eigenvalue weighted by Gasteiger charge is 2.25. The minimum absolute atomic E-state index is 0.213. The van der Waals surface area contributed by atoms with Crippen LogP contribution in [0.2, 0.25) is 0 Å². The standard InChI is InChI=1S/C24H24N4O3S/c1-32(29,30)20-14-8-11-18(15-20)24-26-23(27-31-24)21-16-25-28(19-12-6-3-7-13-19)22(21)17-9-4-2-5-10-17/h2,4-5,8-11,14-16,19H,3,6-7,12-13H2,1H3. The molecule has 2 heterocycles. The topological polar surface area (TPSA) is 90.9 Å². The minimum atomic E-state index is -3.33. The molecule has 0 radical (unpaired) electrons. The maximum Gasteiger partial charge on any atom is 0.258 e. The molecular weight excluding hydrogens is 424 g/mol. The van der Waals surface area contributed by atoms with Gasteiger partial charge in [0, 0.05) is 17.4 Å². The number of hydrogen-bond donors (Lipinski definition) is 0. The lowest BCUT2D eigenvalue weighted by Gasteiger charge is -2.24. The summed E-state index contributed by atoms with van der Waals surface area (Å²) in [7, 11) is -3.33. The highest BCUT2D eigenvalue weighted by atomic mass is 32.2. The van der Waals surface area contributed by atoms with Gasteiger partial charge >= 0.3 is 0 Å². The van der Waals surface area contributed by atoms with E-state index in [9.17, 15) is 8.42 Å². The Balaban J connectivity index is 1.58. The van der Waals surface area contributed by atoms with Gasteiger partial charge in [-0.05, 0) is 31.0 Å². The SMILES string of the molecule is CS(=O)(=O)c1cccc(-c2nc(-c3cnn(C4CCCCC4)c3-c3ccccc3)no2)c1. The third kappa shape index (κ3) is 3.98. The van der Waals surface area contributed by atoms with Gasteiger partial charge in [-0.25, -0.2) is 8.42 Å². The Morgan fingerprint density at radius 3 is 2.47 bits per heavy atom. The van der Waals surface area contributed by atoms with E-state index in [4.69, 9.17) is 9.62 Å². The van der Waals surface area contributed by atoms with E-state index < -0.39 is 9.84 Å². The van der Waals surface area contributed by atoms with Crippen molar-refractivity contribution < 1.29 is 12.9 Å². The second-order valence-corrected chi connectivity index (χ2v) is 10.2. The molecule has 7 nitrogen and oxygen atoms in total. The molecule has 0 saturated heterocycles. The summed E-state index contributed by atoms with van der Waals surface area (Å²) in [6, 6.07) is 17.0. The van der Waals surface area contributed by atoms with E-state index in [1.165, 1.54) is 25.5 Å². The quantitative estimate of drug-likeness (QED) is 0.418. The van der Waals surface area contributed by atoms with Crippen molar-refractivity contribution in [1.29, 1.82) is 0 Å². The van der Waals surface area contributed by atoms with Crippen molar-refractivity contribution in [3.8, 4) is 34.1 Å². The number of aromatic nitrogens is 4. The van der Waals surface area contributed by atoms with Gasteiger partial charge < -0.3 is 4.52 Å². The number of hydrogen-bond acceptors (Lipinski definition) is 6. The molecule has 2 aromatic heterocycles. The van der Waals surface area contributed by atoms with Crippen LogP contribution in [0.1, 0.15) is 38.1 Å². The van der Waals surface area contributed by atoms with E-state index in [-0.39, 0.29) is 10.8 Å². The van der Waals surface area contributed by atoms with Crippen molar-refractivity contribution in [2.75, 3.05) is 6.26 Å². The van der Waals surface area contributed by atoms with Gasteiger partial charge in [0.2, 0.25) is 5.82 Å². The lowest BCUT2D eigenvalue weighted by Crippen LogP contribution is -2.15. The summed E-state index contributed by atoms with van der Waals surface area (Å²) in [6.45, 7) is 0. The molecule has 0 atom stereocenters. The molecule has 1 aliphatic carbocycles. The van der Waals surface area contributed by atoms with Crippen molar-refractivity contribution in [2.24, 2.45) is 0 Å². The zero-order valence-electron chi connectivity index (χ0n) is 17.8. The Kier molecular flexibility index (Phi) is 5.38. The van der Waals surface area contributed by atoms with Crippen LogP contribution < -0.4 is 0 Å². The third-order valence-corrected chi connectivity index (χ3v) is 7.05. The predicted octanol–water partition coefficient (Wildman–Crippen LogP) is 5.18. The molecule has 0 unspecified atom stereocenters. The Bertz CT molecular complexity index is 1340. The molecule has 4 aromatic rings. The number of sulfone groups is 1. The number of rotatable bonds is 5. The first-order valence-corrected chi connectivity index (χ1v) is 12.7. The van der Waals surface area contributed by atoms with Crippen molar-refractivity contribution >= 4 is 9.84 Å². The van der Waals surface area contributed by atoms with Gasteiger partial charge in [-0.2, -0.15) is 10.1 Å². The second-order valence-electron chi connectivity index (χ2n) is 8.23. The highest BCUT2D eigenvalue weighted by Crippen LogP contribution is 2.37. The fraction of sp³-hybridized carbons (Fsp3) is 0.292. The monoisotopic (exact) mass is 448 g/mol. The largest absolute Gasteiger partial charge is 0.334 e. The Labute approximate surface area is 187 Å². The Morgan fingerprint density at radius 1 is 0.969 bits per heavy atom. The fourth-order valence-electron chi connectivity index (χ4n) is 4.32. The van der Waals surface area contributed by atoms with Crippen LogP contribution in [-0.4, -0.2) is 34.6 Å². The molecule has 1 fully saturated rings. The van der Waals surface area contributed by atoms with Crippen molar-refractivity contribution in [3.05, 3.63) is 60.8 Å². The molecule has 1 saturated carbocycles. The molecule has 0 bridgehead atoms. The molecule has 2 aromatic carbocycles. The molecule has 0 amide bonds. The first-order chi connectivity index (χ1) is 15.5. The number of benzene rings is 2. The summed E-state index contributed by atoms with van der Waals surface area (Å²) in [5.74, 6) is 0.709. The van der Waals surface area contributed by atoms with Gasteiger partial charge in [-0.3, -0.25) is 4.68 Å². The first-order valence-electron chi connectivity index (χ1n) is 10.8.